The minimum Gasteiger partial charge on any atom is -0.449 e. The number of carbonyl (C=O) groups excluding carboxylic acids is 1. The molecule has 0 bridgehead atoms. The number of carbonyl (C=O) groups is 1. The Morgan fingerprint density at radius 3 is 2.82 bits per heavy atom. The molecular weight excluding hydrogens is 218 g/mol. The van der Waals surface area contributed by atoms with E-state index in [1.54, 1.807) is 6.07 Å². The quantitative estimate of drug-likeness (QED) is 0.773. The van der Waals surface area contributed by atoms with Crippen LogP contribution in [-0.4, -0.2) is 24.7 Å². The van der Waals surface area contributed by atoms with Crippen LogP contribution in [0.25, 0.3) is 0 Å². The summed E-state index contributed by atoms with van der Waals surface area (Å²) in [6.07, 6.45) is 1.42. The number of hydrogen-bond donors (Lipinski definition) is 2. The largest absolute Gasteiger partial charge is 0.449 e. The van der Waals surface area contributed by atoms with Crippen LogP contribution < -0.4 is 10.6 Å². The first-order chi connectivity index (χ1) is 8.17. The molecule has 0 radical (unpaired) electrons. The highest BCUT2D eigenvalue weighted by atomic mass is 16.5. The van der Waals surface area contributed by atoms with E-state index in [-0.39, 0.29) is 0 Å². The van der Waals surface area contributed by atoms with Gasteiger partial charge in [-0.05, 0) is 25.5 Å². The van der Waals surface area contributed by atoms with Crippen LogP contribution in [0.2, 0.25) is 0 Å². The van der Waals surface area contributed by atoms with Crippen LogP contribution in [0.1, 0.15) is 25.5 Å². The highest BCUT2D eigenvalue weighted by molar-refractivity contribution is 5.83. The van der Waals surface area contributed by atoms with Crippen LogP contribution >= 0.6 is 0 Å². The number of aryl methyl sites for hydroxylation is 1. The number of nitrogens with zero attached hydrogens (tertiary/aromatic N) is 1. The van der Waals surface area contributed by atoms with Crippen LogP contribution in [-0.2, 0) is 4.74 Å². The van der Waals surface area contributed by atoms with Gasteiger partial charge in [-0.25, -0.2) is 9.78 Å². The number of hydrogen-bond acceptors (Lipinski definition) is 4. The summed E-state index contributed by atoms with van der Waals surface area (Å²) < 4.78 is 4.98. The number of unbranched alkanes of at least 4 members (excludes halogenated alkanes) is 1. The van der Waals surface area contributed by atoms with Gasteiger partial charge in [0.05, 0.1) is 18.0 Å². The molecule has 0 aromatic carbocycles. The SMILES string of the molecule is CCCCOC(=O)Nc1ccc(NC)c(C)n1. The predicted molar refractivity (Wildman–Crippen MR) is 68.4 cm³/mol. The van der Waals surface area contributed by atoms with E-state index in [9.17, 15) is 4.79 Å². The van der Waals surface area contributed by atoms with Crippen molar-refractivity contribution >= 4 is 17.6 Å². The number of anilines is 2. The minimum atomic E-state index is -0.456. The van der Waals surface area contributed by atoms with E-state index in [0.29, 0.717) is 12.4 Å². The maximum Gasteiger partial charge on any atom is 0.412 e. The summed E-state index contributed by atoms with van der Waals surface area (Å²) >= 11 is 0. The molecule has 1 aromatic heterocycles. The minimum absolute atomic E-state index is 0.440. The first-order valence-corrected chi connectivity index (χ1v) is 5.76. The molecule has 0 spiro atoms. The summed E-state index contributed by atoms with van der Waals surface area (Å²) in [6, 6.07) is 3.60. The Hall–Kier alpha value is -1.78. The van der Waals surface area contributed by atoms with Crippen molar-refractivity contribution in [1.29, 1.82) is 0 Å². The molecule has 5 heteroatoms. The lowest BCUT2D eigenvalue weighted by Crippen LogP contribution is -2.15. The fourth-order valence-electron chi connectivity index (χ4n) is 1.34. The third kappa shape index (κ3) is 4.30. The zero-order valence-electron chi connectivity index (χ0n) is 10.5. The molecule has 1 aromatic rings. The zero-order valence-corrected chi connectivity index (χ0v) is 10.5. The van der Waals surface area contributed by atoms with Crippen LogP contribution in [0.15, 0.2) is 12.1 Å². The first kappa shape index (κ1) is 13.3. The van der Waals surface area contributed by atoms with Gasteiger partial charge in [0.1, 0.15) is 5.82 Å². The summed E-state index contributed by atoms with van der Waals surface area (Å²) in [5.41, 5.74) is 1.77. The topological polar surface area (TPSA) is 63.2 Å². The van der Waals surface area contributed by atoms with Gasteiger partial charge in [0.15, 0.2) is 0 Å². The Labute approximate surface area is 102 Å². The smallest absolute Gasteiger partial charge is 0.412 e. The number of amides is 1. The van der Waals surface area contributed by atoms with Crippen molar-refractivity contribution < 1.29 is 9.53 Å². The first-order valence-electron chi connectivity index (χ1n) is 5.76. The average molecular weight is 237 g/mol. The number of nitrogens with one attached hydrogen (secondary N) is 2. The second-order valence-electron chi connectivity index (χ2n) is 3.69. The van der Waals surface area contributed by atoms with Crippen molar-refractivity contribution in [1.82, 2.24) is 4.98 Å². The van der Waals surface area contributed by atoms with E-state index >= 15 is 0 Å². The zero-order chi connectivity index (χ0) is 12.7. The lowest BCUT2D eigenvalue weighted by Gasteiger charge is -2.08. The van der Waals surface area contributed by atoms with E-state index in [1.165, 1.54) is 0 Å². The number of ether oxygens (including phenoxy) is 1. The van der Waals surface area contributed by atoms with Crippen molar-refractivity contribution in [3.05, 3.63) is 17.8 Å². The van der Waals surface area contributed by atoms with Gasteiger partial charge < -0.3 is 10.1 Å². The highest BCUT2D eigenvalue weighted by Crippen LogP contribution is 2.14. The number of aromatic nitrogens is 1. The maximum atomic E-state index is 11.4. The summed E-state index contributed by atoms with van der Waals surface area (Å²) in [6.45, 7) is 4.36. The Morgan fingerprint density at radius 2 is 2.24 bits per heavy atom. The van der Waals surface area contributed by atoms with E-state index in [0.717, 1.165) is 24.2 Å². The molecule has 0 aliphatic rings. The molecule has 0 saturated carbocycles. The van der Waals surface area contributed by atoms with Crippen LogP contribution in [0.5, 0.6) is 0 Å². The summed E-state index contributed by atoms with van der Waals surface area (Å²) in [4.78, 5) is 15.6. The standard InChI is InChI=1S/C12H19N3O2/c1-4-5-8-17-12(16)15-11-7-6-10(13-3)9(2)14-11/h6-7,13H,4-5,8H2,1-3H3,(H,14,15,16). The van der Waals surface area contributed by atoms with E-state index in [4.69, 9.17) is 4.74 Å². The molecule has 17 heavy (non-hydrogen) atoms. The number of rotatable bonds is 5. The van der Waals surface area contributed by atoms with Crippen LogP contribution in [0.4, 0.5) is 16.3 Å². The normalized spacial score (nSPS) is 9.82. The Bertz CT molecular complexity index is 380. The Kier molecular flexibility index (Phi) is 5.26. The van der Waals surface area contributed by atoms with Gasteiger partial charge in [0, 0.05) is 7.05 Å². The van der Waals surface area contributed by atoms with Crippen LogP contribution in [0, 0.1) is 6.92 Å². The molecule has 1 rings (SSSR count). The molecule has 0 atom stereocenters. The lowest BCUT2D eigenvalue weighted by molar-refractivity contribution is 0.160. The molecular formula is C12H19N3O2. The maximum absolute atomic E-state index is 11.4. The van der Waals surface area contributed by atoms with Gasteiger partial charge in [-0.2, -0.15) is 0 Å². The van der Waals surface area contributed by atoms with E-state index in [2.05, 4.69) is 15.6 Å². The lowest BCUT2D eigenvalue weighted by atomic mass is 10.3. The van der Waals surface area contributed by atoms with Gasteiger partial charge in [0.2, 0.25) is 0 Å². The monoisotopic (exact) mass is 237 g/mol. The Balaban J connectivity index is 2.51. The molecule has 1 amide bonds. The highest BCUT2D eigenvalue weighted by Gasteiger charge is 2.05. The van der Waals surface area contributed by atoms with Gasteiger partial charge >= 0.3 is 6.09 Å². The van der Waals surface area contributed by atoms with Gasteiger partial charge in [-0.3, -0.25) is 5.32 Å². The van der Waals surface area contributed by atoms with Gasteiger partial charge in [-0.1, -0.05) is 13.3 Å². The fourth-order valence-corrected chi connectivity index (χ4v) is 1.34. The molecule has 0 unspecified atom stereocenters. The summed E-state index contributed by atoms with van der Waals surface area (Å²) in [5, 5.41) is 5.60. The fraction of sp³-hybridized carbons (Fsp3) is 0.500. The molecule has 0 aliphatic carbocycles. The van der Waals surface area contributed by atoms with Crippen molar-refractivity contribution in [3.63, 3.8) is 0 Å². The van der Waals surface area contributed by atoms with E-state index in [1.807, 2.05) is 27.0 Å². The molecule has 0 fully saturated rings. The second-order valence-corrected chi connectivity index (χ2v) is 3.69. The number of pyridine rings is 1. The summed E-state index contributed by atoms with van der Waals surface area (Å²) in [7, 11) is 1.83. The average Bonchev–Trinajstić information content (AvgIpc) is 2.29. The molecule has 5 nitrogen and oxygen atoms in total. The van der Waals surface area contributed by atoms with Crippen molar-refractivity contribution in [2.45, 2.75) is 26.7 Å². The van der Waals surface area contributed by atoms with Crippen molar-refractivity contribution in [3.8, 4) is 0 Å². The molecule has 94 valence electrons. The Morgan fingerprint density at radius 1 is 1.47 bits per heavy atom. The van der Waals surface area contributed by atoms with E-state index < -0.39 is 6.09 Å². The van der Waals surface area contributed by atoms with Gasteiger partial charge in [0.25, 0.3) is 0 Å². The van der Waals surface area contributed by atoms with Crippen molar-refractivity contribution in [2.75, 3.05) is 24.3 Å². The third-order valence-electron chi connectivity index (χ3n) is 2.32. The van der Waals surface area contributed by atoms with Crippen LogP contribution in [0.3, 0.4) is 0 Å². The molecule has 1 heterocycles. The predicted octanol–water partition coefficient (Wildman–Crippen LogP) is 2.78. The third-order valence-corrected chi connectivity index (χ3v) is 2.32. The summed E-state index contributed by atoms with van der Waals surface area (Å²) in [5.74, 6) is 0.503. The molecule has 2 N–H and O–H groups in total. The van der Waals surface area contributed by atoms with Crippen molar-refractivity contribution in [2.24, 2.45) is 0 Å². The second kappa shape index (κ2) is 6.73. The molecule has 0 saturated heterocycles. The molecule has 0 aliphatic heterocycles. The van der Waals surface area contributed by atoms with Gasteiger partial charge in [-0.15, -0.1) is 0 Å².